The molecule has 6 heteroatoms. The van der Waals surface area contributed by atoms with Crippen LogP contribution in [0.2, 0.25) is 0 Å². The smallest absolute Gasteiger partial charge is 0.251 e. The summed E-state index contributed by atoms with van der Waals surface area (Å²) in [4.78, 5) is 24.1. The van der Waals surface area contributed by atoms with Gasteiger partial charge in [0.15, 0.2) is 0 Å². The zero-order chi connectivity index (χ0) is 19.3. The largest absolute Gasteiger partial charge is 0.352 e. The molecule has 3 aromatic rings. The van der Waals surface area contributed by atoms with Crippen molar-refractivity contribution in [3.8, 4) is 5.69 Å². The minimum Gasteiger partial charge on any atom is -0.352 e. The molecule has 2 amide bonds. The highest BCUT2D eigenvalue weighted by Crippen LogP contribution is 2.30. The molecule has 0 bridgehead atoms. The fourth-order valence-electron chi connectivity index (χ4n) is 2.93. The van der Waals surface area contributed by atoms with E-state index in [0.29, 0.717) is 18.5 Å². The van der Waals surface area contributed by atoms with Crippen LogP contribution >= 0.6 is 0 Å². The lowest BCUT2D eigenvalue weighted by Crippen LogP contribution is -2.25. The van der Waals surface area contributed by atoms with E-state index in [9.17, 15) is 9.59 Å². The van der Waals surface area contributed by atoms with Crippen LogP contribution in [0.5, 0.6) is 0 Å². The zero-order valence-electron chi connectivity index (χ0n) is 15.5. The van der Waals surface area contributed by atoms with E-state index in [1.165, 1.54) is 0 Å². The summed E-state index contributed by atoms with van der Waals surface area (Å²) in [5, 5.41) is 10.2. The Morgan fingerprint density at radius 3 is 2.50 bits per heavy atom. The second-order valence-corrected chi connectivity index (χ2v) is 6.98. The first-order valence-corrected chi connectivity index (χ1v) is 9.47. The van der Waals surface area contributed by atoms with Crippen LogP contribution in [0.4, 0.5) is 5.69 Å². The van der Waals surface area contributed by atoms with Gasteiger partial charge in [-0.2, -0.15) is 5.10 Å². The molecular weight excluding hydrogens is 352 g/mol. The maximum Gasteiger partial charge on any atom is 0.251 e. The van der Waals surface area contributed by atoms with Crippen LogP contribution in [0, 0.1) is 5.92 Å². The number of rotatable bonds is 7. The number of aromatic nitrogens is 2. The summed E-state index contributed by atoms with van der Waals surface area (Å²) in [7, 11) is 0. The molecule has 4 rings (SSSR count). The fourth-order valence-corrected chi connectivity index (χ4v) is 2.93. The van der Waals surface area contributed by atoms with Gasteiger partial charge in [-0.3, -0.25) is 9.59 Å². The molecule has 0 atom stereocenters. The number of carbonyl (C=O) groups is 2. The van der Waals surface area contributed by atoms with Crippen molar-refractivity contribution in [3.05, 3.63) is 78.1 Å². The average molecular weight is 374 g/mol. The predicted octanol–water partition coefficient (Wildman–Crippen LogP) is 3.19. The topological polar surface area (TPSA) is 76.0 Å². The van der Waals surface area contributed by atoms with Crippen molar-refractivity contribution in [1.29, 1.82) is 0 Å². The minimum absolute atomic E-state index is 0.0632. The van der Waals surface area contributed by atoms with Crippen LogP contribution in [0.3, 0.4) is 0 Å². The third-order valence-electron chi connectivity index (χ3n) is 4.72. The van der Waals surface area contributed by atoms with Gasteiger partial charge >= 0.3 is 0 Å². The Hall–Kier alpha value is -3.41. The van der Waals surface area contributed by atoms with E-state index in [2.05, 4.69) is 15.7 Å². The molecule has 0 saturated heterocycles. The van der Waals surface area contributed by atoms with Crippen molar-refractivity contribution >= 4 is 17.5 Å². The Bertz CT molecular complexity index is 960. The SMILES string of the molecule is O=C(NCCc1cnn(-c2ccccc2)c1)c1ccc(NC(=O)C2CC2)cc1. The van der Waals surface area contributed by atoms with Crippen LogP contribution < -0.4 is 10.6 Å². The zero-order valence-corrected chi connectivity index (χ0v) is 15.5. The molecule has 0 radical (unpaired) electrons. The number of nitrogens with zero attached hydrogens (tertiary/aromatic N) is 2. The van der Waals surface area contributed by atoms with E-state index in [1.807, 2.05) is 47.4 Å². The molecule has 28 heavy (non-hydrogen) atoms. The number of anilines is 1. The number of benzene rings is 2. The van der Waals surface area contributed by atoms with Gasteiger partial charge in [-0.25, -0.2) is 4.68 Å². The van der Waals surface area contributed by atoms with E-state index < -0.39 is 0 Å². The van der Waals surface area contributed by atoms with Gasteiger partial charge in [0.25, 0.3) is 5.91 Å². The molecule has 1 aliphatic carbocycles. The maximum absolute atomic E-state index is 12.3. The third kappa shape index (κ3) is 4.46. The molecule has 2 aromatic carbocycles. The van der Waals surface area contributed by atoms with Gasteiger partial charge in [0.2, 0.25) is 5.91 Å². The van der Waals surface area contributed by atoms with Gasteiger partial charge in [0, 0.05) is 29.9 Å². The standard InChI is InChI=1S/C22H22N4O2/c27-21(17-8-10-19(11-9-17)25-22(28)18-6-7-18)23-13-12-16-14-24-26(15-16)20-4-2-1-3-5-20/h1-5,8-11,14-15,18H,6-7,12-13H2,(H,23,27)(H,25,28). The molecule has 1 heterocycles. The average Bonchev–Trinajstić information content (AvgIpc) is 3.48. The Morgan fingerprint density at radius 2 is 1.79 bits per heavy atom. The first-order chi connectivity index (χ1) is 13.7. The van der Waals surface area contributed by atoms with Crippen molar-refractivity contribution in [2.24, 2.45) is 5.92 Å². The highest BCUT2D eigenvalue weighted by molar-refractivity contribution is 5.96. The number of nitrogens with one attached hydrogen (secondary N) is 2. The summed E-state index contributed by atoms with van der Waals surface area (Å²) >= 11 is 0. The number of hydrogen-bond acceptors (Lipinski definition) is 3. The van der Waals surface area contributed by atoms with Gasteiger partial charge in [-0.1, -0.05) is 18.2 Å². The Balaban J connectivity index is 1.26. The first-order valence-electron chi connectivity index (χ1n) is 9.47. The highest BCUT2D eigenvalue weighted by Gasteiger charge is 2.29. The Labute approximate surface area is 163 Å². The molecule has 0 spiro atoms. The summed E-state index contributed by atoms with van der Waals surface area (Å²) in [5.41, 5.74) is 3.36. The Kier molecular flexibility index (Phi) is 5.19. The highest BCUT2D eigenvalue weighted by atomic mass is 16.2. The third-order valence-corrected chi connectivity index (χ3v) is 4.72. The quantitative estimate of drug-likeness (QED) is 0.667. The van der Waals surface area contributed by atoms with E-state index >= 15 is 0 Å². The summed E-state index contributed by atoms with van der Waals surface area (Å²) in [6.07, 6.45) is 6.43. The van der Waals surface area contributed by atoms with Crippen LogP contribution in [-0.2, 0) is 11.2 Å². The van der Waals surface area contributed by atoms with Crippen molar-refractivity contribution in [1.82, 2.24) is 15.1 Å². The minimum atomic E-state index is -0.129. The summed E-state index contributed by atoms with van der Waals surface area (Å²) in [6, 6.07) is 16.9. The predicted molar refractivity (Wildman–Crippen MR) is 107 cm³/mol. The molecule has 1 saturated carbocycles. The van der Waals surface area contributed by atoms with Crippen molar-refractivity contribution in [3.63, 3.8) is 0 Å². The van der Waals surface area contributed by atoms with Gasteiger partial charge in [0.05, 0.1) is 11.9 Å². The van der Waals surface area contributed by atoms with E-state index in [1.54, 1.807) is 24.3 Å². The fraction of sp³-hybridized carbons (Fsp3) is 0.227. The number of hydrogen-bond donors (Lipinski definition) is 2. The van der Waals surface area contributed by atoms with Crippen LogP contribution in [0.15, 0.2) is 67.0 Å². The van der Waals surface area contributed by atoms with E-state index in [-0.39, 0.29) is 17.7 Å². The second kappa shape index (κ2) is 8.08. The monoisotopic (exact) mass is 374 g/mol. The molecule has 142 valence electrons. The summed E-state index contributed by atoms with van der Waals surface area (Å²) in [6.45, 7) is 0.527. The normalized spacial score (nSPS) is 13.1. The van der Waals surface area contributed by atoms with Crippen molar-refractivity contribution in [2.45, 2.75) is 19.3 Å². The molecule has 2 N–H and O–H groups in total. The molecule has 0 unspecified atom stereocenters. The van der Waals surface area contributed by atoms with Crippen molar-refractivity contribution in [2.75, 3.05) is 11.9 Å². The molecule has 0 aliphatic heterocycles. The maximum atomic E-state index is 12.3. The summed E-state index contributed by atoms with van der Waals surface area (Å²) in [5.74, 6) is 0.0954. The molecule has 6 nitrogen and oxygen atoms in total. The summed E-state index contributed by atoms with van der Waals surface area (Å²) < 4.78 is 1.83. The second-order valence-electron chi connectivity index (χ2n) is 6.98. The van der Waals surface area contributed by atoms with Crippen molar-refractivity contribution < 1.29 is 9.59 Å². The molecule has 1 aliphatic rings. The van der Waals surface area contributed by atoms with Crippen LogP contribution in [0.25, 0.3) is 5.69 Å². The van der Waals surface area contributed by atoms with E-state index in [4.69, 9.17) is 0 Å². The van der Waals surface area contributed by atoms with Crippen LogP contribution in [0.1, 0.15) is 28.8 Å². The number of carbonyl (C=O) groups excluding carboxylic acids is 2. The number of para-hydroxylation sites is 1. The molecular formula is C22H22N4O2. The van der Waals surface area contributed by atoms with Gasteiger partial charge in [-0.15, -0.1) is 0 Å². The lowest BCUT2D eigenvalue weighted by atomic mass is 10.2. The molecule has 1 aromatic heterocycles. The van der Waals surface area contributed by atoms with E-state index in [0.717, 1.165) is 29.8 Å². The number of amides is 2. The lowest BCUT2D eigenvalue weighted by Gasteiger charge is -2.07. The Morgan fingerprint density at radius 1 is 1.04 bits per heavy atom. The first kappa shape index (κ1) is 18.0. The molecule has 1 fully saturated rings. The van der Waals surface area contributed by atoms with Gasteiger partial charge in [0.1, 0.15) is 0 Å². The van der Waals surface area contributed by atoms with Gasteiger partial charge in [-0.05, 0) is 61.2 Å². The van der Waals surface area contributed by atoms with Crippen LogP contribution in [-0.4, -0.2) is 28.1 Å². The lowest BCUT2D eigenvalue weighted by molar-refractivity contribution is -0.117. The van der Waals surface area contributed by atoms with Gasteiger partial charge < -0.3 is 10.6 Å².